The summed E-state index contributed by atoms with van der Waals surface area (Å²) in [5.41, 5.74) is -0.518. The van der Waals surface area contributed by atoms with E-state index in [1.807, 2.05) is 0 Å². The van der Waals surface area contributed by atoms with Crippen molar-refractivity contribution in [2.45, 2.75) is 0 Å². The van der Waals surface area contributed by atoms with Gasteiger partial charge in [-0.3, -0.25) is 0 Å². The number of rotatable bonds is 1. The number of hydrogen-bond acceptors (Lipinski definition) is 2. The van der Waals surface area contributed by atoms with E-state index in [1.165, 1.54) is 19.2 Å². The highest BCUT2D eigenvalue weighted by atomic mass is 19.2. The lowest BCUT2D eigenvalue weighted by molar-refractivity contribution is 0.474. The lowest BCUT2D eigenvalue weighted by Gasteiger charge is -2.09. The van der Waals surface area contributed by atoms with Gasteiger partial charge in [-0.15, -0.1) is 0 Å². The third-order valence-electron chi connectivity index (χ3n) is 2.36. The fraction of sp³-hybridized carbons (Fsp3) is 0.0909. The molecule has 16 heavy (non-hydrogen) atoms. The molecule has 2 N–H and O–H groups in total. The molecule has 0 amide bonds. The van der Waals surface area contributed by atoms with Crippen molar-refractivity contribution in [3.8, 4) is 5.75 Å². The van der Waals surface area contributed by atoms with Crippen molar-refractivity contribution in [1.29, 1.82) is 0 Å². The number of phenols is 1. The monoisotopic (exact) mass is 227 g/mol. The Bertz CT molecular complexity index is 569. The Labute approximate surface area is 89.3 Å². The van der Waals surface area contributed by atoms with Crippen LogP contribution in [0, 0.1) is 17.5 Å². The van der Waals surface area contributed by atoms with Crippen LogP contribution in [-0.2, 0) is 0 Å². The predicted molar refractivity (Wildman–Crippen MR) is 55.0 cm³/mol. The second-order valence-corrected chi connectivity index (χ2v) is 3.30. The van der Waals surface area contributed by atoms with Gasteiger partial charge in [0.1, 0.15) is 11.4 Å². The summed E-state index contributed by atoms with van der Waals surface area (Å²) < 4.78 is 40.6. The van der Waals surface area contributed by atoms with Gasteiger partial charge in [-0.2, -0.15) is 0 Å². The minimum atomic E-state index is -1.29. The molecule has 0 unspecified atom stereocenters. The predicted octanol–water partition coefficient (Wildman–Crippen LogP) is 3.00. The highest BCUT2D eigenvalue weighted by Gasteiger charge is 2.19. The zero-order valence-corrected chi connectivity index (χ0v) is 8.31. The normalized spacial score (nSPS) is 10.8. The topological polar surface area (TPSA) is 32.3 Å². The SMILES string of the molecule is CNc1c(F)c(F)c2cc(O)ccc2c1F. The molecule has 0 fully saturated rings. The van der Waals surface area contributed by atoms with Gasteiger partial charge in [0.2, 0.25) is 0 Å². The van der Waals surface area contributed by atoms with E-state index in [0.29, 0.717) is 0 Å². The molecule has 0 radical (unpaired) electrons. The number of phenolic OH excluding ortho intramolecular Hbond substituents is 1. The molecule has 0 aliphatic rings. The smallest absolute Gasteiger partial charge is 0.185 e. The summed E-state index contributed by atoms with van der Waals surface area (Å²) in [4.78, 5) is 0. The van der Waals surface area contributed by atoms with E-state index < -0.39 is 23.1 Å². The van der Waals surface area contributed by atoms with Crippen LogP contribution in [0.5, 0.6) is 5.75 Å². The van der Waals surface area contributed by atoms with Gasteiger partial charge in [-0.1, -0.05) is 0 Å². The molecule has 0 aromatic heterocycles. The van der Waals surface area contributed by atoms with Crippen molar-refractivity contribution in [2.24, 2.45) is 0 Å². The van der Waals surface area contributed by atoms with Crippen LogP contribution in [0.1, 0.15) is 0 Å². The Morgan fingerprint density at radius 3 is 2.31 bits per heavy atom. The van der Waals surface area contributed by atoms with E-state index in [4.69, 9.17) is 5.11 Å². The van der Waals surface area contributed by atoms with Gasteiger partial charge in [0.25, 0.3) is 0 Å². The van der Waals surface area contributed by atoms with Crippen molar-refractivity contribution in [3.63, 3.8) is 0 Å². The number of nitrogens with one attached hydrogen (secondary N) is 1. The summed E-state index contributed by atoms with van der Waals surface area (Å²) >= 11 is 0. The molecule has 2 aromatic rings. The van der Waals surface area contributed by atoms with E-state index >= 15 is 0 Å². The molecule has 0 atom stereocenters. The van der Waals surface area contributed by atoms with Crippen molar-refractivity contribution >= 4 is 16.5 Å². The number of benzene rings is 2. The zero-order valence-electron chi connectivity index (χ0n) is 8.31. The van der Waals surface area contributed by atoms with Crippen LogP contribution >= 0.6 is 0 Å². The summed E-state index contributed by atoms with van der Waals surface area (Å²) in [6.45, 7) is 0. The molecule has 0 aliphatic carbocycles. The Morgan fingerprint density at radius 2 is 1.69 bits per heavy atom. The van der Waals surface area contributed by atoms with Crippen molar-refractivity contribution in [1.82, 2.24) is 0 Å². The average Bonchev–Trinajstić information content (AvgIpc) is 2.27. The Balaban J connectivity index is 2.95. The molecular formula is C11H8F3NO. The van der Waals surface area contributed by atoms with Crippen LogP contribution in [0.25, 0.3) is 10.8 Å². The first-order chi connectivity index (χ1) is 7.56. The molecule has 2 nitrogen and oxygen atoms in total. The van der Waals surface area contributed by atoms with Crippen LogP contribution < -0.4 is 5.32 Å². The lowest BCUT2D eigenvalue weighted by Crippen LogP contribution is -2.01. The molecule has 2 rings (SSSR count). The van der Waals surface area contributed by atoms with Gasteiger partial charge in [-0.25, -0.2) is 13.2 Å². The molecule has 0 aliphatic heterocycles. The van der Waals surface area contributed by atoms with E-state index in [9.17, 15) is 13.2 Å². The van der Waals surface area contributed by atoms with E-state index in [0.717, 1.165) is 6.07 Å². The minimum absolute atomic E-state index is 0.0824. The van der Waals surface area contributed by atoms with Crippen molar-refractivity contribution in [3.05, 3.63) is 35.7 Å². The number of halogens is 3. The van der Waals surface area contributed by atoms with E-state index in [2.05, 4.69) is 5.32 Å². The molecule has 0 bridgehead atoms. The Morgan fingerprint density at radius 1 is 1.00 bits per heavy atom. The second kappa shape index (κ2) is 3.59. The molecule has 0 saturated heterocycles. The van der Waals surface area contributed by atoms with E-state index in [-0.39, 0.29) is 16.5 Å². The van der Waals surface area contributed by atoms with Gasteiger partial charge in [0, 0.05) is 17.8 Å². The number of anilines is 1. The number of aromatic hydroxyl groups is 1. The van der Waals surface area contributed by atoms with Crippen LogP contribution in [0.4, 0.5) is 18.9 Å². The maximum Gasteiger partial charge on any atom is 0.185 e. The third-order valence-corrected chi connectivity index (χ3v) is 2.36. The molecule has 0 heterocycles. The number of hydrogen-bond donors (Lipinski definition) is 2. The summed E-state index contributed by atoms with van der Waals surface area (Å²) in [5, 5.41) is 11.0. The molecule has 84 valence electrons. The zero-order chi connectivity index (χ0) is 11.9. The number of fused-ring (bicyclic) bond motifs is 1. The van der Waals surface area contributed by atoms with Crippen molar-refractivity contribution in [2.75, 3.05) is 12.4 Å². The fourth-order valence-electron chi connectivity index (χ4n) is 1.58. The Kier molecular flexibility index (Phi) is 2.38. The minimum Gasteiger partial charge on any atom is -0.508 e. The molecule has 2 aromatic carbocycles. The summed E-state index contributed by atoms with van der Waals surface area (Å²) in [6.07, 6.45) is 0. The largest absolute Gasteiger partial charge is 0.508 e. The molecule has 0 spiro atoms. The van der Waals surface area contributed by atoms with Crippen LogP contribution in [0.15, 0.2) is 18.2 Å². The highest BCUT2D eigenvalue weighted by molar-refractivity contribution is 5.88. The van der Waals surface area contributed by atoms with Crippen LogP contribution in [-0.4, -0.2) is 12.2 Å². The van der Waals surface area contributed by atoms with Gasteiger partial charge in [0.15, 0.2) is 17.5 Å². The third kappa shape index (κ3) is 1.36. The average molecular weight is 227 g/mol. The summed E-state index contributed by atoms with van der Waals surface area (Å²) in [7, 11) is 1.30. The first-order valence-electron chi connectivity index (χ1n) is 4.53. The highest BCUT2D eigenvalue weighted by Crippen LogP contribution is 2.32. The molecule has 0 saturated carbocycles. The maximum absolute atomic E-state index is 13.7. The Hall–Kier alpha value is -1.91. The first-order valence-corrected chi connectivity index (χ1v) is 4.53. The van der Waals surface area contributed by atoms with Gasteiger partial charge < -0.3 is 10.4 Å². The lowest BCUT2D eigenvalue weighted by atomic mass is 10.1. The summed E-state index contributed by atoms with van der Waals surface area (Å²) in [6, 6.07) is 3.39. The fourth-order valence-corrected chi connectivity index (χ4v) is 1.58. The molecular weight excluding hydrogens is 219 g/mol. The quantitative estimate of drug-likeness (QED) is 0.734. The second-order valence-electron chi connectivity index (χ2n) is 3.30. The summed E-state index contributed by atoms with van der Waals surface area (Å²) in [5.74, 6) is -3.60. The first kappa shape index (κ1) is 10.6. The molecule has 5 heteroatoms. The maximum atomic E-state index is 13.7. The van der Waals surface area contributed by atoms with Gasteiger partial charge in [0.05, 0.1) is 0 Å². The van der Waals surface area contributed by atoms with Crippen molar-refractivity contribution < 1.29 is 18.3 Å². The van der Waals surface area contributed by atoms with Crippen LogP contribution in [0.2, 0.25) is 0 Å². The standard InChI is InChI=1S/C11H8F3NO/c1-15-11-9(13)6-3-2-5(16)4-7(6)8(12)10(11)14/h2-4,15-16H,1H3. The van der Waals surface area contributed by atoms with Crippen LogP contribution in [0.3, 0.4) is 0 Å². The van der Waals surface area contributed by atoms with Gasteiger partial charge >= 0.3 is 0 Å². The van der Waals surface area contributed by atoms with E-state index in [1.54, 1.807) is 0 Å². The van der Waals surface area contributed by atoms with Gasteiger partial charge in [-0.05, 0) is 18.2 Å².